The summed E-state index contributed by atoms with van der Waals surface area (Å²) in [5.74, 6) is -1.70. The summed E-state index contributed by atoms with van der Waals surface area (Å²) in [7, 11) is -3.49. The maximum Gasteiger partial charge on any atom is 0.306 e. The molecule has 3 N–H and O–H groups in total. The van der Waals surface area contributed by atoms with Gasteiger partial charge in [-0.1, -0.05) is 12.1 Å². The number of hydrogen-bond acceptors (Lipinski definition) is 4. The molecule has 1 aromatic rings. The molecular formula is C14H18N2O5S. The lowest BCUT2D eigenvalue weighted by Crippen LogP contribution is -2.34. The van der Waals surface area contributed by atoms with E-state index in [0.717, 1.165) is 6.26 Å². The van der Waals surface area contributed by atoms with E-state index in [1.54, 1.807) is 12.1 Å². The number of aliphatic carboxylic acids is 1. The van der Waals surface area contributed by atoms with Crippen molar-refractivity contribution in [3.63, 3.8) is 0 Å². The first-order valence-electron chi connectivity index (χ1n) is 6.87. The van der Waals surface area contributed by atoms with E-state index in [1.165, 1.54) is 12.1 Å². The highest BCUT2D eigenvalue weighted by molar-refractivity contribution is 7.92. The Morgan fingerprint density at radius 2 is 1.91 bits per heavy atom. The van der Waals surface area contributed by atoms with Gasteiger partial charge in [-0.3, -0.25) is 14.3 Å². The monoisotopic (exact) mass is 326 g/mol. The maximum atomic E-state index is 12.3. The Hall–Kier alpha value is -2.09. The number of nitrogens with one attached hydrogen (secondary N) is 2. The number of hydrogen-bond donors (Lipinski definition) is 3. The van der Waals surface area contributed by atoms with E-state index in [2.05, 4.69) is 10.0 Å². The minimum atomic E-state index is -3.49. The quantitative estimate of drug-likeness (QED) is 0.748. The molecule has 8 heteroatoms. The van der Waals surface area contributed by atoms with Crippen LogP contribution in [0.25, 0.3) is 0 Å². The summed E-state index contributed by atoms with van der Waals surface area (Å²) in [6.07, 6.45) is 2.53. The molecule has 0 aliphatic heterocycles. The number of carboxylic acid groups (broad SMARTS) is 1. The van der Waals surface area contributed by atoms with Crippen LogP contribution in [-0.4, -0.2) is 37.7 Å². The van der Waals surface area contributed by atoms with Crippen LogP contribution in [0.1, 0.15) is 29.6 Å². The standard InChI is InChI=1S/C14H18N2O5S/c1-22(20,21)16-12-5-3-2-4-11(12)13(17)15-10-7-6-9(8-10)14(18)19/h2-5,9-10,16H,6-8H2,1H3,(H,15,17)(H,18,19)/t9-,10+/m0/s1. The zero-order valence-corrected chi connectivity index (χ0v) is 12.9. The third kappa shape index (κ3) is 4.20. The first kappa shape index (κ1) is 16.3. The van der Waals surface area contributed by atoms with Crippen molar-refractivity contribution >= 4 is 27.6 Å². The summed E-state index contributed by atoms with van der Waals surface area (Å²) in [5.41, 5.74) is 0.419. The molecule has 120 valence electrons. The molecule has 22 heavy (non-hydrogen) atoms. The molecule has 0 radical (unpaired) electrons. The van der Waals surface area contributed by atoms with Gasteiger partial charge in [-0.2, -0.15) is 0 Å². The smallest absolute Gasteiger partial charge is 0.306 e. The minimum Gasteiger partial charge on any atom is -0.481 e. The van der Waals surface area contributed by atoms with Crippen LogP contribution < -0.4 is 10.0 Å². The molecule has 0 saturated heterocycles. The average Bonchev–Trinajstić information content (AvgIpc) is 2.86. The SMILES string of the molecule is CS(=O)(=O)Nc1ccccc1C(=O)N[C@@H]1CC[C@H](C(=O)O)C1. The molecule has 0 bridgehead atoms. The van der Waals surface area contributed by atoms with E-state index >= 15 is 0 Å². The van der Waals surface area contributed by atoms with Crippen molar-refractivity contribution in [1.29, 1.82) is 0 Å². The van der Waals surface area contributed by atoms with Gasteiger partial charge in [0.1, 0.15) is 0 Å². The third-order valence-electron chi connectivity index (χ3n) is 3.58. The molecule has 1 aliphatic carbocycles. The van der Waals surface area contributed by atoms with Crippen LogP contribution in [0.2, 0.25) is 0 Å². The Labute approximate surface area is 128 Å². The highest BCUT2D eigenvalue weighted by atomic mass is 32.2. The van der Waals surface area contributed by atoms with Gasteiger partial charge in [0, 0.05) is 6.04 Å². The number of sulfonamides is 1. The number of amides is 1. The second-order valence-corrected chi connectivity index (χ2v) is 7.19. The number of rotatable bonds is 5. The topological polar surface area (TPSA) is 113 Å². The molecule has 0 spiro atoms. The van der Waals surface area contributed by atoms with Gasteiger partial charge < -0.3 is 10.4 Å². The molecule has 1 saturated carbocycles. The highest BCUT2D eigenvalue weighted by Crippen LogP contribution is 2.26. The summed E-state index contributed by atoms with van der Waals surface area (Å²) in [5, 5.41) is 11.7. The van der Waals surface area contributed by atoms with Gasteiger partial charge in [0.15, 0.2) is 0 Å². The van der Waals surface area contributed by atoms with E-state index in [4.69, 9.17) is 5.11 Å². The fourth-order valence-electron chi connectivity index (χ4n) is 2.57. The van der Waals surface area contributed by atoms with Crippen LogP contribution >= 0.6 is 0 Å². The van der Waals surface area contributed by atoms with Crippen LogP contribution in [-0.2, 0) is 14.8 Å². The van der Waals surface area contributed by atoms with Gasteiger partial charge in [-0.15, -0.1) is 0 Å². The van der Waals surface area contributed by atoms with Crippen molar-refractivity contribution in [3.05, 3.63) is 29.8 Å². The summed E-state index contributed by atoms with van der Waals surface area (Å²) in [6, 6.07) is 6.08. The van der Waals surface area contributed by atoms with E-state index in [1.807, 2.05) is 0 Å². The molecule has 0 unspecified atom stereocenters. The number of para-hydroxylation sites is 1. The van der Waals surface area contributed by atoms with Gasteiger partial charge in [0.2, 0.25) is 10.0 Å². The Balaban J connectivity index is 2.09. The third-order valence-corrected chi connectivity index (χ3v) is 4.17. The van der Waals surface area contributed by atoms with Crippen LogP contribution in [0.15, 0.2) is 24.3 Å². The largest absolute Gasteiger partial charge is 0.481 e. The predicted octanol–water partition coefficient (Wildman–Crippen LogP) is 1.04. The fraction of sp³-hybridized carbons (Fsp3) is 0.429. The van der Waals surface area contributed by atoms with Gasteiger partial charge in [0.25, 0.3) is 5.91 Å². The van der Waals surface area contributed by atoms with Gasteiger partial charge in [-0.05, 0) is 31.4 Å². The Bertz CT molecular complexity index is 686. The Morgan fingerprint density at radius 3 is 2.50 bits per heavy atom. The molecule has 1 fully saturated rings. The number of carboxylic acids is 1. The van der Waals surface area contributed by atoms with Crippen LogP contribution in [0.3, 0.4) is 0 Å². The summed E-state index contributed by atoms with van der Waals surface area (Å²) in [6.45, 7) is 0. The van der Waals surface area contributed by atoms with Crippen molar-refractivity contribution in [1.82, 2.24) is 5.32 Å². The van der Waals surface area contributed by atoms with Gasteiger partial charge in [-0.25, -0.2) is 8.42 Å². The zero-order chi connectivity index (χ0) is 16.3. The summed E-state index contributed by atoms with van der Waals surface area (Å²) >= 11 is 0. The van der Waals surface area contributed by atoms with E-state index < -0.39 is 27.8 Å². The summed E-state index contributed by atoms with van der Waals surface area (Å²) in [4.78, 5) is 23.2. The number of carbonyl (C=O) groups is 2. The molecule has 2 rings (SSSR count). The highest BCUT2D eigenvalue weighted by Gasteiger charge is 2.31. The van der Waals surface area contributed by atoms with E-state index in [0.29, 0.717) is 19.3 Å². The van der Waals surface area contributed by atoms with Crippen molar-refractivity contribution in [3.8, 4) is 0 Å². The summed E-state index contributed by atoms with van der Waals surface area (Å²) < 4.78 is 25.0. The van der Waals surface area contributed by atoms with Crippen molar-refractivity contribution < 1.29 is 23.1 Å². The lowest BCUT2D eigenvalue weighted by atomic mass is 10.1. The van der Waals surface area contributed by atoms with E-state index in [9.17, 15) is 18.0 Å². The van der Waals surface area contributed by atoms with Crippen molar-refractivity contribution in [2.24, 2.45) is 5.92 Å². The normalized spacial score (nSPS) is 21.3. The van der Waals surface area contributed by atoms with Gasteiger partial charge >= 0.3 is 5.97 Å². The molecule has 0 aromatic heterocycles. The second-order valence-electron chi connectivity index (χ2n) is 5.44. The molecule has 2 atom stereocenters. The average molecular weight is 326 g/mol. The van der Waals surface area contributed by atoms with Gasteiger partial charge in [0.05, 0.1) is 23.4 Å². The molecule has 7 nitrogen and oxygen atoms in total. The zero-order valence-electron chi connectivity index (χ0n) is 12.1. The van der Waals surface area contributed by atoms with Crippen LogP contribution in [0, 0.1) is 5.92 Å². The molecule has 1 aliphatic rings. The number of carbonyl (C=O) groups excluding carboxylic acids is 1. The molecular weight excluding hydrogens is 308 g/mol. The lowest BCUT2D eigenvalue weighted by molar-refractivity contribution is -0.141. The first-order chi connectivity index (χ1) is 10.3. The first-order valence-corrected chi connectivity index (χ1v) is 8.76. The minimum absolute atomic E-state index is 0.204. The second kappa shape index (κ2) is 6.35. The van der Waals surface area contributed by atoms with E-state index in [-0.39, 0.29) is 17.3 Å². The van der Waals surface area contributed by atoms with Crippen molar-refractivity contribution in [2.75, 3.05) is 11.0 Å². The van der Waals surface area contributed by atoms with Crippen LogP contribution in [0.4, 0.5) is 5.69 Å². The fourth-order valence-corrected chi connectivity index (χ4v) is 3.15. The lowest BCUT2D eigenvalue weighted by Gasteiger charge is -2.15. The number of benzene rings is 1. The molecule has 1 aromatic carbocycles. The molecule has 1 amide bonds. The van der Waals surface area contributed by atoms with Crippen molar-refractivity contribution in [2.45, 2.75) is 25.3 Å². The Morgan fingerprint density at radius 1 is 1.23 bits per heavy atom. The molecule has 0 heterocycles. The van der Waals surface area contributed by atoms with Crippen LogP contribution in [0.5, 0.6) is 0 Å². The number of anilines is 1. The maximum absolute atomic E-state index is 12.3. The Kier molecular flexibility index (Phi) is 4.70. The predicted molar refractivity (Wildman–Crippen MR) is 81.1 cm³/mol.